The first kappa shape index (κ1) is 108. The molecule has 0 N–H and O–H groups in total. The summed E-state index contributed by atoms with van der Waals surface area (Å²) >= 11 is 0. The van der Waals surface area contributed by atoms with Crippen molar-refractivity contribution in [3.63, 3.8) is 0 Å². The molecular formula is C95H204. The van der Waals surface area contributed by atoms with Gasteiger partial charge in [-0.15, -0.1) is 0 Å². The molecule has 5 aliphatic rings. The Morgan fingerprint density at radius 2 is 0.600 bits per heavy atom. The molecule has 0 heteroatoms. The molecule has 584 valence electrons. The van der Waals surface area contributed by atoms with E-state index in [2.05, 4.69) is 381 Å². The zero-order valence-electron chi connectivity index (χ0n) is 78.6. The van der Waals surface area contributed by atoms with Crippen LogP contribution in [0.1, 0.15) is 458 Å². The summed E-state index contributed by atoms with van der Waals surface area (Å²) in [6, 6.07) is 0. The van der Waals surface area contributed by atoms with Crippen molar-refractivity contribution in [2.45, 2.75) is 458 Å². The van der Waals surface area contributed by atoms with Gasteiger partial charge >= 0.3 is 0 Å². The second-order valence-electron chi connectivity index (χ2n) is 46.0. The highest BCUT2D eigenvalue weighted by Crippen LogP contribution is 2.61. The molecule has 0 heterocycles. The molecule has 0 nitrogen and oxygen atoms in total. The second kappa shape index (κ2) is 44.6. The molecule has 5 aliphatic carbocycles. The average molecular weight is 1350 g/mol. The molecular weight excluding hydrogens is 1140 g/mol. The topological polar surface area (TPSA) is 0 Å². The Labute approximate surface area is 613 Å². The van der Waals surface area contributed by atoms with E-state index in [1.807, 2.05) is 0 Å². The van der Waals surface area contributed by atoms with Gasteiger partial charge in [-0.1, -0.05) is 406 Å². The molecule has 4 unspecified atom stereocenters. The van der Waals surface area contributed by atoms with Gasteiger partial charge < -0.3 is 0 Å². The highest BCUT2D eigenvalue weighted by atomic mass is 14.5. The molecule has 0 saturated heterocycles. The second-order valence-corrected chi connectivity index (χ2v) is 46.0. The van der Waals surface area contributed by atoms with Crippen LogP contribution in [0.15, 0.2) is 0 Å². The molecule has 0 aromatic carbocycles. The van der Waals surface area contributed by atoms with Gasteiger partial charge in [0.05, 0.1) is 0 Å². The monoisotopic (exact) mass is 1350 g/mol. The van der Waals surface area contributed by atoms with Gasteiger partial charge in [-0.3, -0.25) is 0 Å². The van der Waals surface area contributed by atoms with Gasteiger partial charge in [0.15, 0.2) is 0 Å². The van der Waals surface area contributed by atoms with Crippen LogP contribution in [0.5, 0.6) is 0 Å². The van der Waals surface area contributed by atoms with Gasteiger partial charge in [0.2, 0.25) is 0 Å². The van der Waals surface area contributed by atoms with Crippen molar-refractivity contribution in [1.29, 1.82) is 0 Å². The molecule has 0 spiro atoms. The smallest absolute Gasteiger partial charge is 0.0297 e. The summed E-state index contributed by atoms with van der Waals surface area (Å²) in [6.45, 7) is 126. The molecule has 5 saturated carbocycles. The molecule has 0 bridgehead atoms. The van der Waals surface area contributed by atoms with Crippen LogP contribution in [0, 0.1) is 159 Å². The quantitative estimate of drug-likeness (QED) is 0.193. The fourth-order valence-corrected chi connectivity index (χ4v) is 7.90. The molecule has 0 aromatic rings. The first-order valence-corrected chi connectivity index (χ1v) is 41.4. The van der Waals surface area contributed by atoms with Gasteiger partial charge in [-0.05, 0) is 211 Å². The SMILES string of the molecule is CC(C)(C)C(C)(C)C.CC(C)(C)C(C)(C)C.CC(C)(C)C(C)(C)C.CC(C)C(C)(C)C(C)C.CC(C)C(C)C(C)C.CC1(C2CC2)CC1.CC1CC(C)C1C.CCC(C)(C)C(C)(C)C.CCC(C)(C)C(C)C.CCC(C)C(C)(C)C.CC[C@@H](C)C(C)(C)C.C[C@H]1CC1C1CC1. The van der Waals surface area contributed by atoms with Crippen molar-refractivity contribution in [2.24, 2.45) is 159 Å². The minimum atomic E-state index is 0.437. The van der Waals surface area contributed by atoms with E-state index < -0.39 is 0 Å². The van der Waals surface area contributed by atoms with Crippen LogP contribution in [0.4, 0.5) is 0 Å². The van der Waals surface area contributed by atoms with Crippen molar-refractivity contribution >= 4 is 0 Å². The molecule has 95 heavy (non-hydrogen) atoms. The van der Waals surface area contributed by atoms with E-state index >= 15 is 0 Å². The Morgan fingerprint density at radius 1 is 0.337 bits per heavy atom. The van der Waals surface area contributed by atoms with Crippen LogP contribution in [0.2, 0.25) is 0 Å². The fraction of sp³-hybridized carbons (Fsp3) is 1.00. The van der Waals surface area contributed by atoms with E-state index in [4.69, 9.17) is 0 Å². The van der Waals surface area contributed by atoms with Crippen LogP contribution in [-0.2, 0) is 0 Å². The number of rotatable bonds is 11. The normalized spacial score (nSPS) is 21.0. The summed E-state index contributed by atoms with van der Waals surface area (Å²) in [7, 11) is 0. The third kappa shape index (κ3) is 52.6. The number of hydrogen-bond donors (Lipinski definition) is 0. The lowest BCUT2D eigenvalue weighted by atomic mass is 9.68. The van der Waals surface area contributed by atoms with Crippen LogP contribution >= 0.6 is 0 Å². The lowest BCUT2D eigenvalue weighted by Gasteiger charge is -2.38. The van der Waals surface area contributed by atoms with Gasteiger partial charge in [0, 0.05) is 0 Å². The standard InChI is InChI=1S/2C9H20.7C8H18.2C7H12.C7H14/c1-7-9(5,6)8(2,3)4;1-7(2)9(5,6)8(3)4;3*1-7(2,3)8(4,5)6;2*1-6-7(2)8(3,4)5;1-6-8(4,5)7(2)3;1-6(2)8(5)7(3)4;1-7(4-5-7)6-2-3-6;1-5-4-7(5)6-2-3-6;1-5-4-6(2)7(5)3/h7H2,1-6H3;7-8H,1-6H3;3*1-6H3;3*7H,6H2,1-5H3;6-8H,1-5H3;6H,2-5H2,1H3;5-7H,2-4H2,1H3;5-7H,4H2,1-3H3/t;;;;;7-;;;;;5-,7?;/m.....1....0./s1. The van der Waals surface area contributed by atoms with Crippen LogP contribution < -0.4 is 0 Å². The summed E-state index contributed by atoms with van der Waals surface area (Å²) in [4.78, 5) is 0. The van der Waals surface area contributed by atoms with Crippen LogP contribution in [-0.4, -0.2) is 0 Å². The molecule has 5 fully saturated rings. The first-order valence-electron chi connectivity index (χ1n) is 41.4. The molecule has 0 aliphatic heterocycles. The maximum absolute atomic E-state index is 2.44. The molecule has 0 amide bonds. The summed E-state index contributed by atoms with van der Waals surface area (Å²) in [5, 5.41) is 0. The summed E-state index contributed by atoms with van der Waals surface area (Å²) in [5.74, 6) is 14.3. The fourth-order valence-electron chi connectivity index (χ4n) is 7.90. The Hall–Kier alpha value is 0. The van der Waals surface area contributed by atoms with Crippen LogP contribution in [0.3, 0.4) is 0 Å². The minimum Gasteiger partial charge on any atom is -0.0651 e. The van der Waals surface area contributed by atoms with Crippen LogP contribution in [0.25, 0.3) is 0 Å². The summed E-state index contributed by atoms with van der Waals surface area (Å²) < 4.78 is 0. The predicted molar refractivity (Wildman–Crippen MR) is 451 cm³/mol. The first-order chi connectivity index (χ1) is 41.4. The van der Waals surface area contributed by atoms with Gasteiger partial charge in [0.25, 0.3) is 0 Å². The van der Waals surface area contributed by atoms with E-state index in [-0.39, 0.29) is 0 Å². The third-order valence-corrected chi connectivity index (χ3v) is 28.9. The largest absolute Gasteiger partial charge is 0.0651 e. The molecule has 6 atom stereocenters. The third-order valence-electron chi connectivity index (χ3n) is 28.9. The Bertz CT molecular complexity index is 1640. The van der Waals surface area contributed by atoms with E-state index in [1.54, 1.807) is 19.3 Å². The van der Waals surface area contributed by atoms with Crippen molar-refractivity contribution in [2.75, 3.05) is 0 Å². The molecule has 0 aromatic heterocycles. The van der Waals surface area contributed by atoms with E-state index in [9.17, 15) is 0 Å². The lowest BCUT2D eigenvalue weighted by molar-refractivity contribution is 0.120. The average Bonchev–Trinajstić information content (AvgIpc) is 1.62. The lowest BCUT2D eigenvalue weighted by Crippen LogP contribution is -2.29. The van der Waals surface area contributed by atoms with Gasteiger partial charge in [-0.25, -0.2) is 0 Å². The van der Waals surface area contributed by atoms with Crippen molar-refractivity contribution in [3.8, 4) is 0 Å². The molecule has 5 rings (SSSR count). The van der Waals surface area contributed by atoms with Crippen molar-refractivity contribution < 1.29 is 0 Å². The Kier molecular flexibility index (Phi) is 50.9. The van der Waals surface area contributed by atoms with E-state index in [1.165, 1.54) is 69.6 Å². The zero-order chi connectivity index (χ0) is 78.6. The maximum Gasteiger partial charge on any atom is -0.0297 e. The predicted octanol–water partition coefficient (Wildman–Crippen LogP) is 34.7. The highest BCUT2D eigenvalue weighted by Gasteiger charge is 2.49. The zero-order valence-corrected chi connectivity index (χ0v) is 78.6. The van der Waals surface area contributed by atoms with Crippen molar-refractivity contribution in [3.05, 3.63) is 0 Å². The Morgan fingerprint density at radius 3 is 0.621 bits per heavy atom. The van der Waals surface area contributed by atoms with E-state index in [0.29, 0.717) is 65.0 Å². The maximum atomic E-state index is 2.44. The van der Waals surface area contributed by atoms with Crippen molar-refractivity contribution in [1.82, 2.24) is 0 Å². The highest BCUT2D eigenvalue weighted by molar-refractivity contribution is 5.00. The van der Waals surface area contributed by atoms with Gasteiger partial charge in [-0.2, -0.15) is 0 Å². The number of hydrogen-bond acceptors (Lipinski definition) is 0. The summed E-state index contributed by atoms with van der Waals surface area (Å²) in [5.41, 5.74) is 6.47. The Balaban J connectivity index is -0.000000178. The van der Waals surface area contributed by atoms with E-state index in [0.717, 1.165) is 82.3 Å². The van der Waals surface area contributed by atoms with Gasteiger partial charge in [0.1, 0.15) is 0 Å². The summed E-state index contributed by atoms with van der Waals surface area (Å²) in [6.07, 6.45) is 17.4. The minimum absolute atomic E-state index is 0.437. The molecule has 0 radical (unpaired) electrons.